The smallest absolute Gasteiger partial charge is 0.193 e. The van der Waals surface area contributed by atoms with Gasteiger partial charge in [-0.2, -0.15) is 0 Å². The van der Waals surface area contributed by atoms with Crippen molar-refractivity contribution in [1.82, 2.24) is 9.97 Å². The van der Waals surface area contributed by atoms with Crippen molar-refractivity contribution in [3.05, 3.63) is 6.33 Å². The van der Waals surface area contributed by atoms with Crippen LogP contribution in [0.4, 0.5) is 5.82 Å². The van der Waals surface area contributed by atoms with E-state index >= 15 is 0 Å². The Bertz CT molecular complexity index is 304. The molecule has 4 nitrogen and oxygen atoms in total. The molecule has 0 aliphatic heterocycles. The van der Waals surface area contributed by atoms with Crippen LogP contribution < -0.4 is 10.1 Å². The molecular formula is C9H15N3OS. The second-order valence-electron chi connectivity index (χ2n) is 2.98. The van der Waals surface area contributed by atoms with Gasteiger partial charge >= 0.3 is 0 Å². The van der Waals surface area contributed by atoms with Crippen LogP contribution in [0.2, 0.25) is 0 Å². The van der Waals surface area contributed by atoms with Gasteiger partial charge in [0.1, 0.15) is 11.4 Å². The maximum atomic E-state index is 5.26. The number of hydrogen-bond acceptors (Lipinski definition) is 5. The summed E-state index contributed by atoms with van der Waals surface area (Å²) >= 11 is 1.66. The Morgan fingerprint density at radius 2 is 2.14 bits per heavy atom. The summed E-state index contributed by atoms with van der Waals surface area (Å²) in [4.78, 5) is 8.26. The van der Waals surface area contributed by atoms with Crippen molar-refractivity contribution in [3.8, 4) is 5.75 Å². The molecule has 1 aromatic rings. The Hall–Kier alpha value is -0.970. The van der Waals surface area contributed by atoms with E-state index < -0.39 is 0 Å². The van der Waals surface area contributed by atoms with Gasteiger partial charge in [0.05, 0.1) is 7.11 Å². The van der Waals surface area contributed by atoms with E-state index in [2.05, 4.69) is 29.1 Å². The third kappa shape index (κ3) is 2.51. The minimum atomic E-state index is 0.475. The number of aromatic nitrogens is 2. The Balaban J connectivity index is 3.02. The zero-order valence-corrected chi connectivity index (χ0v) is 9.68. The summed E-state index contributed by atoms with van der Waals surface area (Å²) in [5.74, 6) is 1.44. The van der Waals surface area contributed by atoms with Crippen LogP contribution in [0.25, 0.3) is 0 Å². The van der Waals surface area contributed by atoms with Crippen molar-refractivity contribution in [2.45, 2.75) is 24.1 Å². The minimum Gasteiger partial charge on any atom is -0.490 e. The molecule has 1 heterocycles. The Morgan fingerprint density at radius 3 is 2.64 bits per heavy atom. The molecule has 0 saturated heterocycles. The lowest BCUT2D eigenvalue weighted by atomic mass is 10.5. The number of nitrogens with one attached hydrogen (secondary N) is 1. The van der Waals surface area contributed by atoms with Crippen LogP contribution in [0.1, 0.15) is 13.8 Å². The van der Waals surface area contributed by atoms with Gasteiger partial charge in [-0.05, 0) is 0 Å². The Kier molecular flexibility index (Phi) is 4.00. The van der Waals surface area contributed by atoms with E-state index in [1.807, 2.05) is 7.05 Å². The lowest BCUT2D eigenvalue weighted by molar-refractivity contribution is 0.400. The van der Waals surface area contributed by atoms with Crippen LogP contribution in [-0.4, -0.2) is 29.4 Å². The third-order valence-electron chi connectivity index (χ3n) is 1.56. The van der Waals surface area contributed by atoms with Gasteiger partial charge in [0.25, 0.3) is 0 Å². The van der Waals surface area contributed by atoms with Crippen molar-refractivity contribution in [2.75, 3.05) is 19.5 Å². The number of thioether (sulfide) groups is 1. The highest BCUT2D eigenvalue weighted by molar-refractivity contribution is 7.99. The number of nitrogens with zero attached hydrogens (tertiary/aromatic N) is 2. The fraction of sp³-hybridized carbons (Fsp3) is 0.556. The summed E-state index contributed by atoms with van der Waals surface area (Å²) in [6.07, 6.45) is 1.54. The molecule has 0 amide bonds. The molecule has 1 N–H and O–H groups in total. The normalized spacial score (nSPS) is 10.4. The molecule has 0 atom stereocenters. The van der Waals surface area contributed by atoms with Crippen LogP contribution in [0.5, 0.6) is 5.75 Å². The second kappa shape index (κ2) is 5.05. The highest BCUT2D eigenvalue weighted by atomic mass is 32.2. The second-order valence-corrected chi connectivity index (χ2v) is 4.54. The minimum absolute atomic E-state index is 0.475. The van der Waals surface area contributed by atoms with E-state index in [4.69, 9.17) is 4.74 Å². The van der Waals surface area contributed by atoms with Crippen LogP contribution in [0, 0.1) is 0 Å². The first-order chi connectivity index (χ1) is 6.69. The van der Waals surface area contributed by atoms with Crippen LogP contribution in [0.3, 0.4) is 0 Å². The highest BCUT2D eigenvalue weighted by Gasteiger charge is 2.12. The molecule has 0 bridgehead atoms. The molecule has 0 aliphatic carbocycles. The van der Waals surface area contributed by atoms with E-state index in [9.17, 15) is 0 Å². The van der Waals surface area contributed by atoms with Gasteiger partial charge in [-0.1, -0.05) is 25.6 Å². The van der Waals surface area contributed by atoms with Gasteiger partial charge in [0, 0.05) is 12.3 Å². The molecule has 0 unspecified atom stereocenters. The van der Waals surface area contributed by atoms with Crippen molar-refractivity contribution in [2.24, 2.45) is 0 Å². The standard InChI is InChI=1S/C9H15N3OS/c1-6(2)14-9-7(13-4)8(10-3)11-5-12-9/h5-6H,1-4H3,(H,10,11,12). The van der Waals surface area contributed by atoms with E-state index in [1.54, 1.807) is 25.2 Å². The Labute approximate surface area is 88.5 Å². The zero-order chi connectivity index (χ0) is 10.6. The maximum absolute atomic E-state index is 5.26. The van der Waals surface area contributed by atoms with Crippen molar-refractivity contribution in [3.63, 3.8) is 0 Å². The summed E-state index contributed by atoms with van der Waals surface area (Å²) in [5, 5.41) is 4.32. The number of ether oxygens (including phenoxy) is 1. The van der Waals surface area contributed by atoms with E-state index in [-0.39, 0.29) is 0 Å². The topological polar surface area (TPSA) is 47.0 Å². The van der Waals surface area contributed by atoms with E-state index in [1.165, 1.54) is 0 Å². The number of rotatable bonds is 4. The molecule has 1 aromatic heterocycles. The summed E-state index contributed by atoms with van der Waals surface area (Å²) in [5.41, 5.74) is 0. The van der Waals surface area contributed by atoms with Crippen LogP contribution in [-0.2, 0) is 0 Å². The summed E-state index contributed by atoms with van der Waals surface area (Å²) in [6.45, 7) is 4.23. The number of anilines is 1. The highest BCUT2D eigenvalue weighted by Crippen LogP contribution is 2.33. The number of hydrogen-bond donors (Lipinski definition) is 1. The molecule has 0 fully saturated rings. The molecular weight excluding hydrogens is 198 g/mol. The van der Waals surface area contributed by atoms with Crippen molar-refractivity contribution >= 4 is 17.6 Å². The molecule has 0 saturated carbocycles. The molecule has 0 aromatic carbocycles. The van der Waals surface area contributed by atoms with Gasteiger partial charge in [-0.15, -0.1) is 0 Å². The number of methoxy groups -OCH3 is 1. The van der Waals surface area contributed by atoms with Gasteiger partial charge < -0.3 is 10.1 Å². The molecule has 0 aliphatic rings. The molecule has 78 valence electrons. The van der Waals surface area contributed by atoms with Crippen molar-refractivity contribution < 1.29 is 4.74 Å². The Morgan fingerprint density at radius 1 is 1.43 bits per heavy atom. The largest absolute Gasteiger partial charge is 0.490 e. The zero-order valence-electron chi connectivity index (χ0n) is 8.87. The molecule has 0 radical (unpaired) electrons. The first-order valence-corrected chi connectivity index (χ1v) is 5.30. The van der Waals surface area contributed by atoms with Crippen molar-refractivity contribution in [1.29, 1.82) is 0 Å². The molecule has 14 heavy (non-hydrogen) atoms. The molecule has 1 rings (SSSR count). The van der Waals surface area contributed by atoms with E-state index in [0.717, 1.165) is 10.8 Å². The van der Waals surface area contributed by atoms with Gasteiger partial charge in [0.2, 0.25) is 0 Å². The summed E-state index contributed by atoms with van der Waals surface area (Å²) in [7, 11) is 3.44. The first-order valence-electron chi connectivity index (χ1n) is 4.42. The summed E-state index contributed by atoms with van der Waals surface area (Å²) < 4.78 is 5.26. The lowest BCUT2D eigenvalue weighted by Crippen LogP contribution is -2.01. The quantitative estimate of drug-likeness (QED) is 0.612. The first kappa shape index (κ1) is 11.1. The average Bonchev–Trinajstić information content (AvgIpc) is 2.16. The fourth-order valence-corrected chi connectivity index (χ4v) is 1.87. The van der Waals surface area contributed by atoms with Gasteiger partial charge in [-0.25, -0.2) is 9.97 Å². The van der Waals surface area contributed by atoms with Gasteiger partial charge in [0.15, 0.2) is 11.6 Å². The van der Waals surface area contributed by atoms with Crippen LogP contribution >= 0.6 is 11.8 Å². The summed E-state index contributed by atoms with van der Waals surface area (Å²) in [6, 6.07) is 0. The molecule has 0 spiro atoms. The maximum Gasteiger partial charge on any atom is 0.193 e. The fourth-order valence-electron chi connectivity index (χ4n) is 1.03. The predicted molar refractivity (Wildman–Crippen MR) is 59.1 cm³/mol. The van der Waals surface area contributed by atoms with Gasteiger partial charge in [-0.3, -0.25) is 0 Å². The average molecular weight is 213 g/mol. The predicted octanol–water partition coefficient (Wildman–Crippen LogP) is 2.03. The SMILES string of the molecule is CNc1ncnc(SC(C)C)c1OC. The van der Waals surface area contributed by atoms with E-state index in [0.29, 0.717) is 11.0 Å². The third-order valence-corrected chi connectivity index (χ3v) is 2.54. The monoisotopic (exact) mass is 213 g/mol. The molecule has 5 heteroatoms. The van der Waals surface area contributed by atoms with Crippen LogP contribution in [0.15, 0.2) is 11.4 Å². The lowest BCUT2D eigenvalue weighted by Gasteiger charge is -2.11.